The molecule has 104 valence electrons. The van der Waals surface area contributed by atoms with E-state index in [0.29, 0.717) is 17.9 Å². The normalized spacial score (nSPS) is 10.1. The van der Waals surface area contributed by atoms with Gasteiger partial charge in [0.25, 0.3) is 5.69 Å². The van der Waals surface area contributed by atoms with E-state index >= 15 is 0 Å². The van der Waals surface area contributed by atoms with Gasteiger partial charge in [-0.25, -0.2) is 0 Å². The highest BCUT2D eigenvalue weighted by molar-refractivity contribution is 5.63. The monoisotopic (exact) mass is 272 g/mol. The number of hydrogen-bond donors (Lipinski definition) is 2. The number of pyridine rings is 1. The van der Waals surface area contributed by atoms with Crippen LogP contribution in [0.5, 0.6) is 0 Å². The summed E-state index contributed by atoms with van der Waals surface area (Å²) in [5.74, 6) is 0. The highest BCUT2D eigenvalue weighted by atomic mass is 16.6. The Labute approximate surface area is 117 Å². The molecule has 6 nitrogen and oxygen atoms in total. The molecule has 0 bridgehead atoms. The van der Waals surface area contributed by atoms with E-state index in [1.165, 1.54) is 12.1 Å². The topological polar surface area (TPSA) is 80.1 Å². The van der Waals surface area contributed by atoms with Gasteiger partial charge < -0.3 is 10.6 Å². The van der Waals surface area contributed by atoms with Gasteiger partial charge in [-0.05, 0) is 24.6 Å². The zero-order chi connectivity index (χ0) is 14.5. The van der Waals surface area contributed by atoms with Crippen molar-refractivity contribution in [3.05, 3.63) is 57.9 Å². The first-order chi connectivity index (χ1) is 9.58. The summed E-state index contributed by atoms with van der Waals surface area (Å²) < 4.78 is 0. The van der Waals surface area contributed by atoms with Crippen LogP contribution in [0.3, 0.4) is 0 Å². The SMILES string of the molecule is CNc1cc(NCc2ccc(C)nc2)cc([N+](=O)[O-])c1. The van der Waals surface area contributed by atoms with E-state index < -0.39 is 4.92 Å². The summed E-state index contributed by atoms with van der Waals surface area (Å²) in [5.41, 5.74) is 3.43. The average molecular weight is 272 g/mol. The average Bonchev–Trinajstić information content (AvgIpc) is 2.46. The van der Waals surface area contributed by atoms with Gasteiger partial charge in [0.1, 0.15) is 0 Å². The largest absolute Gasteiger partial charge is 0.388 e. The van der Waals surface area contributed by atoms with E-state index in [0.717, 1.165) is 11.3 Å². The number of aryl methyl sites for hydroxylation is 1. The fraction of sp³-hybridized carbons (Fsp3) is 0.214. The Bertz CT molecular complexity index is 611. The smallest absolute Gasteiger partial charge is 0.273 e. The van der Waals surface area contributed by atoms with Crippen molar-refractivity contribution in [2.45, 2.75) is 13.5 Å². The number of aromatic nitrogens is 1. The number of benzene rings is 1. The molecule has 0 unspecified atom stereocenters. The van der Waals surface area contributed by atoms with Crippen LogP contribution in [0.15, 0.2) is 36.5 Å². The second-order valence-corrected chi connectivity index (χ2v) is 4.44. The third-order valence-electron chi connectivity index (χ3n) is 2.89. The number of anilines is 2. The van der Waals surface area contributed by atoms with Crippen LogP contribution in [0, 0.1) is 17.0 Å². The van der Waals surface area contributed by atoms with Gasteiger partial charge >= 0.3 is 0 Å². The van der Waals surface area contributed by atoms with E-state index in [1.807, 2.05) is 25.1 Å². The molecule has 1 heterocycles. The number of rotatable bonds is 5. The van der Waals surface area contributed by atoms with E-state index in [2.05, 4.69) is 15.6 Å². The van der Waals surface area contributed by atoms with Crippen molar-refractivity contribution < 1.29 is 4.92 Å². The Hall–Kier alpha value is -2.63. The van der Waals surface area contributed by atoms with E-state index in [1.54, 1.807) is 13.2 Å². The van der Waals surface area contributed by atoms with Gasteiger partial charge in [-0.3, -0.25) is 15.1 Å². The molecule has 2 rings (SSSR count). The molecule has 1 aromatic heterocycles. The lowest BCUT2D eigenvalue weighted by atomic mass is 10.2. The molecule has 0 aliphatic carbocycles. The lowest BCUT2D eigenvalue weighted by Crippen LogP contribution is -2.02. The third kappa shape index (κ3) is 3.44. The van der Waals surface area contributed by atoms with Gasteiger partial charge in [-0.1, -0.05) is 6.07 Å². The minimum Gasteiger partial charge on any atom is -0.388 e. The number of nitro groups is 1. The van der Waals surface area contributed by atoms with Crippen molar-refractivity contribution in [1.82, 2.24) is 4.98 Å². The number of nitrogens with zero attached hydrogens (tertiary/aromatic N) is 2. The Morgan fingerprint density at radius 1 is 1.25 bits per heavy atom. The summed E-state index contributed by atoms with van der Waals surface area (Å²) in [5, 5.41) is 17.0. The number of nitro benzene ring substituents is 1. The third-order valence-corrected chi connectivity index (χ3v) is 2.89. The maximum Gasteiger partial charge on any atom is 0.273 e. The number of non-ortho nitro benzene ring substituents is 1. The predicted octanol–water partition coefficient (Wildman–Crippen LogP) is 2.95. The van der Waals surface area contributed by atoms with Crippen molar-refractivity contribution in [1.29, 1.82) is 0 Å². The van der Waals surface area contributed by atoms with E-state index in [-0.39, 0.29) is 5.69 Å². The van der Waals surface area contributed by atoms with Crippen LogP contribution >= 0.6 is 0 Å². The van der Waals surface area contributed by atoms with Crippen LogP contribution < -0.4 is 10.6 Å². The first kappa shape index (κ1) is 13.8. The lowest BCUT2D eigenvalue weighted by molar-refractivity contribution is -0.384. The van der Waals surface area contributed by atoms with Crippen molar-refractivity contribution in [2.24, 2.45) is 0 Å². The molecule has 0 radical (unpaired) electrons. The Kier molecular flexibility index (Phi) is 4.14. The zero-order valence-electron chi connectivity index (χ0n) is 11.4. The molecule has 1 aromatic carbocycles. The van der Waals surface area contributed by atoms with Crippen LogP contribution in [0.25, 0.3) is 0 Å². The molecule has 20 heavy (non-hydrogen) atoms. The van der Waals surface area contributed by atoms with Crippen molar-refractivity contribution in [3.8, 4) is 0 Å². The van der Waals surface area contributed by atoms with Crippen LogP contribution in [0.4, 0.5) is 17.1 Å². The van der Waals surface area contributed by atoms with Crippen LogP contribution in [0.2, 0.25) is 0 Å². The van der Waals surface area contributed by atoms with Gasteiger partial charge in [0, 0.05) is 49.0 Å². The van der Waals surface area contributed by atoms with Gasteiger partial charge in [-0.15, -0.1) is 0 Å². The second kappa shape index (κ2) is 6.01. The maximum atomic E-state index is 10.9. The standard InChI is InChI=1S/C14H16N4O2/c1-10-3-4-11(8-16-10)9-17-13-5-12(15-2)6-14(7-13)18(19)20/h3-8,15,17H,9H2,1-2H3. The summed E-state index contributed by atoms with van der Waals surface area (Å²) in [6.07, 6.45) is 1.79. The fourth-order valence-corrected chi connectivity index (χ4v) is 1.77. The molecule has 2 aromatic rings. The first-order valence-corrected chi connectivity index (χ1v) is 6.21. The van der Waals surface area contributed by atoms with Crippen LogP contribution in [-0.4, -0.2) is 17.0 Å². The molecule has 0 atom stereocenters. The fourth-order valence-electron chi connectivity index (χ4n) is 1.77. The molecule has 2 N–H and O–H groups in total. The molecule has 0 fully saturated rings. The van der Waals surface area contributed by atoms with Gasteiger partial charge in [-0.2, -0.15) is 0 Å². The Morgan fingerprint density at radius 3 is 2.60 bits per heavy atom. The van der Waals surface area contributed by atoms with Crippen molar-refractivity contribution in [3.63, 3.8) is 0 Å². The number of hydrogen-bond acceptors (Lipinski definition) is 5. The summed E-state index contributed by atoms with van der Waals surface area (Å²) >= 11 is 0. The Morgan fingerprint density at radius 2 is 2.00 bits per heavy atom. The Balaban J connectivity index is 2.14. The summed E-state index contributed by atoms with van der Waals surface area (Å²) in [6.45, 7) is 2.49. The van der Waals surface area contributed by atoms with Gasteiger partial charge in [0.15, 0.2) is 0 Å². The van der Waals surface area contributed by atoms with Crippen molar-refractivity contribution >= 4 is 17.1 Å². The highest BCUT2D eigenvalue weighted by Crippen LogP contribution is 2.24. The quantitative estimate of drug-likeness (QED) is 0.646. The molecular weight excluding hydrogens is 256 g/mol. The molecular formula is C14H16N4O2. The molecule has 0 spiro atoms. The molecule has 0 aliphatic rings. The summed E-state index contributed by atoms with van der Waals surface area (Å²) in [7, 11) is 1.73. The predicted molar refractivity (Wildman–Crippen MR) is 78.9 cm³/mol. The minimum atomic E-state index is -0.403. The van der Waals surface area contributed by atoms with Crippen molar-refractivity contribution in [2.75, 3.05) is 17.7 Å². The zero-order valence-corrected chi connectivity index (χ0v) is 11.4. The maximum absolute atomic E-state index is 10.9. The summed E-state index contributed by atoms with van der Waals surface area (Å²) in [6, 6.07) is 8.75. The molecule has 0 saturated heterocycles. The van der Waals surface area contributed by atoms with E-state index in [9.17, 15) is 10.1 Å². The number of nitrogens with one attached hydrogen (secondary N) is 2. The lowest BCUT2D eigenvalue weighted by Gasteiger charge is -2.09. The minimum absolute atomic E-state index is 0.0568. The van der Waals surface area contributed by atoms with E-state index in [4.69, 9.17) is 0 Å². The summed E-state index contributed by atoms with van der Waals surface area (Å²) in [4.78, 5) is 14.7. The van der Waals surface area contributed by atoms with Crippen LogP contribution in [-0.2, 0) is 6.54 Å². The molecule has 6 heteroatoms. The molecule has 0 amide bonds. The molecule has 0 saturated carbocycles. The highest BCUT2D eigenvalue weighted by Gasteiger charge is 2.09. The van der Waals surface area contributed by atoms with Crippen LogP contribution in [0.1, 0.15) is 11.3 Å². The van der Waals surface area contributed by atoms with Gasteiger partial charge in [0.05, 0.1) is 4.92 Å². The first-order valence-electron chi connectivity index (χ1n) is 6.21. The second-order valence-electron chi connectivity index (χ2n) is 4.44. The van der Waals surface area contributed by atoms with Gasteiger partial charge in [0.2, 0.25) is 0 Å². The molecule has 0 aliphatic heterocycles.